The molecule has 0 saturated carbocycles. The van der Waals surface area contributed by atoms with Crippen molar-refractivity contribution in [2.75, 3.05) is 14.1 Å². The van der Waals surface area contributed by atoms with Crippen LogP contribution >= 0.6 is 0 Å². The minimum absolute atomic E-state index is 0.171. The summed E-state index contributed by atoms with van der Waals surface area (Å²) in [5.41, 5.74) is 0.537. The Morgan fingerprint density at radius 2 is 1.80 bits per heavy atom. The lowest BCUT2D eigenvalue weighted by Crippen LogP contribution is -2.24. The third-order valence-corrected chi connectivity index (χ3v) is 1.48. The molecule has 0 aromatic rings. The number of carbonyl (C=O) groups is 1. The van der Waals surface area contributed by atoms with E-state index < -0.39 is 5.60 Å². The number of carbonyl (C=O) groups excluding carboxylic acids is 1. The molecule has 0 spiro atoms. The van der Waals surface area contributed by atoms with Gasteiger partial charge in [-0.2, -0.15) is 5.10 Å². The van der Waals surface area contributed by atoms with Crippen LogP contribution in [0.4, 0.5) is 0 Å². The summed E-state index contributed by atoms with van der Waals surface area (Å²) >= 11 is 0. The quantitative estimate of drug-likeness (QED) is 0.408. The van der Waals surface area contributed by atoms with Gasteiger partial charge in [0.1, 0.15) is 5.60 Å². The summed E-state index contributed by atoms with van der Waals surface area (Å²) in [5.74, 6) is -0.171. The highest BCUT2D eigenvalue weighted by Crippen LogP contribution is 2.09. The monoisotopic (exact) mass is 214 g/mol. The maximum atomic E-state index is 11.4. The molecule has 0 aliphatic rings. The second-order valence-corrected chi connectivity index (χ2v) is 4.77. The first kappa shape index (κ1) is 13.9. The fourth-order valence-electron chi connectivity index (χ4n) is 1.07. The van der Waals surface area contributed by atoms with Crippen LogP contribution in [-0.2, 0) is 9.53 Å². The van der Waals surface area contributed by atoms with Gasteiger partial charge in [-0.1, -0.05) is 0 Å². The van der Waals surface area contributed by atoms with Crippen LogP contribution in [0.3, 0.4) is 0 Å². The normalized spacial score (nSPS) is 12.5. The van der Waals surface area contributed by atoms with Gasteiger partial charge in [0.2, 0.25) is 0 Å². The molecule has 0 aliphatic carbocycles. The van der Waals surface area contributed by atoms with Crippen LogP contribution in [0, 0.1) is 0 Å². The van der Waals surface area contributed by atoms with Gasteiger partial charge in [-0.3, -0.25) is 4.79 Å². The van der Waals surface area contributed by atoms with E-state index in [1.165, 1.54) is 0 Å². The van der Waals surface area contributed by atoms with Gasteiger partial charge in [0.15, 0.2) is 0 Å². The predicted molar refractivity (Wildman–Crippen MR) is 61.9 cm³/mol. The van der Waals surface area contributed by atoms with Gasteiger partial charge in [-0.05, 0) is 34.1 Å². The van der Waals surface area contributed by atoms with Crippen LogP contribution in [0.15, 0.2) is 5.10 Å². The summed E-state index contributed by atoms with van der Waals surface area (Å²) in [5, 5.41) is 5.91. The van der Waals surface area contributed by atoms with E-state index in [2.05, 4.69) is 5.10 Å². The van der Waals surface area contributed by atoms with Gasteiger partial charge in [0.25, 0.3) is 0 Å². The van der Waals surface area contributed by atoms with Crippen LogP contribution in [0.5, 0.6) is 0 Å². The lowest BCUT2D eigenvalue weighted by atomic mass is 10.2. The molecule has 0 saturated heterocycles. The highest BCUT2D eigenvalue weighted by Gasteiger charge is 2.15. The van der Waals surface area contributed by atoms with Crippen molar-refractivity contribution in [2.45, 2.75) is 46.1 Å². The SMILES string of the molecule is C/C(CCC(=O)OC(C)(C)C)=N\N(C)C. The Kier molecular flexibility index (Phi) is 5.33. The lowest BCUT2D eigenvalue weighted by Gasteiger charge is -2.19. The largest absolute Gasteiger partial charge is 0.460 e. The summed E-state index contributed by atoms with van der Waals surface area (Å²) in [4.78, 5) is 11.4. The Morgan fingerprint density at radius 3 is 2.20 bits per heavy atom. The number of hydrazone groups is 1. The minimum atomic E-state index is -0.399. The van der Waals surface area contributed by atoms with Crippen molar-refractivity contribution in [3.05, 3.63) is 0 Å². The van der Waals surface area contributed by atoms with Crippen molar-refractivity contribution in [1.82, 2.24) is 5.01 Å². The molecule has 0 heterocycles. The van der Waals surface area contributed by atoms with Crippen LogP contribution in [0.2, 0.25) is 0 Å². The molecular formula is C11H22N2O2. The third kappa shape index (κ3) is 9.25. The molecular weight excluding hydrogens is 192 g/mol. The van der Waals surface area contributed by atoms with Gasteiger partial charge < -0.3 is 9.75 Å². The van der Waals surface area contributed by atoms with Crippen molar-refractivity contribution in [2.24, 2.45) is 5.10 Å². The van der Waals surface area contributed by atoms with Gasteiger partial charge in [0, 0.05) is 19.8 Å². The Labute approximate surface area is 92.3 Å². The Hall–Kier alpha value is -1.06. The molecule has 4 heteroatoms. The molecule has 0 aromatic heterocycles. The summed E-state index contributed by atoms with van der Waals surface area (Å²) in [6.45, 7) is 7.51. The summed E-state index contributed by atoms with van der Waals surface area (Å²) in [6, 6.07) is 0. The molecule has 0 bridgehead atoms. The van der Waals surface area contributed by atoms with Crippen molar-refractivity contribution < 1.29 is 9.53 Å². The van der Waals surface area contributed by atoms with E-state index in [0.717, 1.165) is 5.71 Å². The van der Waals surface area contributed by atoms with Crippen LogP contribution in [0.25, 0.3) is 0 Å². The highest BCUT2D eigenvalue weighted by molar-refractivity contribution is 5.85. The molecule has 0 amide bonds. The molecule has 0 atom stereocenters. The average molecular weight is 214 g/mol. The molecule has 0 aliphatic heterocycles. The number of ether oxygens (including phenoxy) is 1. The fourth-order valence-corrected chi connectivity index (χ4v) is 1.07. The standard InChI is InChI=1S/C11H22N2O2/c1-9(12-13(5)6)7-8-10(14)15-11(2,3)4/h7-8H2,1-6H3/b12-9+. The maximum absolute atomic E-state index is 11.4. The Bertz CT molecular complexity index is 239. The number of hydrogen-bond donors (Lipinski definition) is 0. The number of hydrogen-bond acceptors (Lipinski definition) is 4. The lowest BCUT2D eigenvalue weighted by molar-refractivity contribution is -0.154. The zero-order valence-corrected chi connectivity index (χ0v) is 10.6. The third-order valence-electron chi connectivity index (χ3n) is 1.48. The first-order chi connectivity index (χ1) is 6.70. The first-order valence-electron chi connectivity index (χ1n) is 5.14. The number of rotatable bonds is 4. The summed E-state index contributed by atoms with van der Waals surface area (Å²) in [7, 11) is 3.72. The highest BCUT2D eigenvalue weighted by atomic mass is 16.6. The first-order valence-corrected chi connectivity index (χ1v) is 5.14. The molecule has 0 fully saturated rings. The topological polar surface area (TPSA) is 41.9 Å². The van der Waals surface area contributed by atoms with Crippen molar-refractivity contribution >= 4 is 11.7 Å². The zero-order chi connectivity index (χ0) is 12.1. The van der Waals surface area contributed by atoms with E-state index in [-0.39, 0.29) is 5.97 Å². The van der Waals surface area contributed by atoms with E-state index in [9.17, 15) is 4.79 Å². The van der Waals surface area contributed by atoms with Gasteiger partial charge in [-0.25, -0.2) is 0 Å². The van der Waals surface area contributed by atoms with Gasteiger partial charge >= 0.3 is 5.97 Å². The van der Waals surface area contributed by atoms with Crippen molar-refractivity contribution in [3.63, 3.8) is 0 Å². The molecule has 0 N–H and O–H groups in total. The van der Waals surface area contributed by atoms with Crippen molar-refractivity contribution in [1.29, 1.82) is 0 Å². The van der Waals surface area contributed by atoms with E-state index >= 15 is 0 Å². The summed E-state index contributed by atoms with van der Waals surface area (Å²) < 4.78 is 5.19. The van der Waals surface area contributed by atoms with E-state index in [0.29, 0.717) is 12.8 Å². The van der Waals surface area contributed by atoms with Gasteiger partial charge in [-0.15, -0.1) is 0 Å². The van der Waals surface area contributed by atoms with Crippen molar-refractivity contribution in [3.8, 4) is 0 Å². The Morgan fingerprint density at radius 1 is 1.27 bits per heavy atom. The molecule has 0 radical (unpaired) electrons. The van der Waals surface area contributed by atoms with Crippen LogP contribution in [0.1, 0.15) is 40.5 Å². The van der Waals surface area contributed by atoms with Crippen LogP contribution in [-0.4, -0.2) is 36.4 Å². The van der Waals surface area contributed by atoms with E-state index in [1.807, 2.05) is 41.8 Å². The predicted octanol–water partition coefficient (Wildman–Crippen LogP) is 2.05. The van der Waals surface area contributed by atoms with E-state index in [4.69, 9.17) is 4.74 Å². The molecule has 88 valence electrons. The maximum Gasteiger partial charge on any atom is 0.306 e. The minimum Gasteiger partial charge on any atom is -0.460 e. The number of esters is 1. The Balaban J connectivity index is 3.92. The zero-order valence-electron chi connectivity index (χ0n) is 10.6. The van der Waals surface area contributed by atoms with Gasteiger partial charge in [0.05, 0.1) is 6.42 Å². The second-order valence-electron chi connectivity index (χ2n) is 4.77. The smallest absolute Gasteiger partial charge is 0.306 e. The second kappa shape index (κ2) is 5.73. The summed E-state index contributed by atoms with van der Waals surface area (Å²) in [6.07, 6.45) is 1.04. The van der Waals surface area contributed by atoms with E-state index in [1.54, 1.807) is 5.01 Å². The van der Waals surface area contributed by atoms with Crippen LogP contribution < -0.4 is 0 Å². The molecule has 0 aromatic carbocycles. The number of nitrogens with zero attached hydrogens (tertiary/aromatic N) is 2. The average Bonchev–Trinajstić information content (AvgIpc) is 1.96. The molecule has 0 rings (SSSR count). The molecule has 4 nitrogen and oxygen atoms in total. The fraction of sp³-hybridized carbons (Fsp3) is 0.818. The molecule has 0 unspecified atom stereocenters. The molecule has 15 heavy (non-hydrogen) atoms.